The molecule has 0 amide bonds. The van der Waals surface area contributed by atoms with Crippen molar-refractivity contribution < 1.29 is 13.1 Å². The zero-order chi connectivity index (χ0) is 21.2. The van der Waals surface area contributed by atoms with E-state index in [1.54, 1.807) is 0 Å². The summed E-state index contributed by atoms with van der Waals surface area (Å²) in [5.41, 5.74) is 0. The van der Waals surface area contributed by atoms with Crippen LogP contribution in [0.15, 0.2) is 12.2 Å². The van der Waals surface area contributed by atoms with Gasteiger partial charge in [-0.15, -0.1) is 0 Å². The van der Waals surface area contributed by atoms with Crippen LogP contribution in [-0.2, 0) is 19.8 Å². The lowest BCUT2D eigenvalue weighted by Crippen LogP contribution is -2.47. The maximum atomic E-state index is 11.8. The van der Waals surface area contributed by atoms with Crippen LogP contribution in [0, 0.1) is 0 Å². The summed E-state index contributed by atoms with van der Waals surface area (Å²) < 4.78 is 24.2. The van der Waals surface area contributed by atoms with Crippen molar-refractivity contribution in [3.63, 3.8) is 0 Å². The molecule has 7 heteroatoms. The zero-order valence-electron chi connectivity index (χ0n) is 19.1. The topological polar surface area (TPSA) is 61.6 Å². The molecule has 0 rings (SSSR count). The largest absolute Gasteiger partial charge is 0.414 e. The van der Waals surface area contributed by atoms with E-state index in [2.05, 4.69) is 67.7 Å². The van der Waals surface area contributed by atoms with Gasteiger partial charge in [-0.05, 0) is 50.1 Å². The van der Waals surface area contributed by atoms with E-state index in [0.29, 0.717) is 6.61 Å². The van der Waals surface area contributed by atoms with E-state index < -0.39 is 32.4 Å². The van der Waals surface area contributed by atoms with Crippen molar-refractivity contribution in [2.45, 2.75) is 103 Å². The molecule has 4 nitrogen and oxygen atoms in total. The third-order valence-corrected chi connectivity index (χ3v) is 16.1. The summed E-state index contributed by atoms with van der Waals surface area (Å²) >= 11 is 0. The molecule has 156 valence electrons. The summed E-state index contributed by atoms with van der Waals surface area (Å²) in [7, 11) is -5.26. The predicted molar refractivity (Wildman–Crippen MR) is 121 cm³/mol. The summed E-state index contributed by atoms with van der Waals surface area (Å²) in [5, 5.41) is 5.88. The SMILES string of the molecule is CC(C)(C=C[C@@H](CO[Si](C)(C)C(C)(C)C)O[Si](C)(C)C(C)(C)C)S(N)=O. The van der Waals surface area contributed by atoms with Gasteiger partial charge >= 0.3 is 0 Å². The van der Waals surface area contributed by atoms with Crippen LogP contribution in [0.4, 0.5) is 0 Å². The first kappa shape index (κ1) is 26.2. The second-order valence-electron chi connectivity index (χ2n) is 10.7. The van der Waals surface area contributed by atoms with E-state index in [1.807, 2.05) is 26.0 Å². The first-order chi connectivity index (χ1) is 11.2. The highest BCUT2D eigenvalue weighted by atomic mass is 32.2. The third-order valence-electron chi connectivity index (χ3n) is 5.90. The minimum atomic E-state index is -1.96. The average molecular weight is 422 g/mol. The summed E-state index contributed by atoms with van der Waals surface area (Å²) in [6, 6.07) is 0. The average Bonchev–Trinajstić information content (AvgIpc) is 2.39. The molecule has 0 radical (unpaired) electrons. The Morgan fingerprint density at radius 2 is 1.35 bits per heavy atom. The van der Waals surface area contributed by atoms with E-state index in [-0.39, 0.29) is 16.2 Å². The van der Waals surface area contributed by atoms with E-state index in [1.165, 1.54) is 0 Å². The molecule has 0 aromatic heterocycles. The molecule has 0 aliphatic carbocycles. The van der Waals surface area contributed by atoms with Gasteiger partial charge in [0.05, 0.1) is 28.4 Å². The molecule has 0 aromatic carbocycles. The van der Waals surface area contributed by atoms with Gasteiger partial charge in [0, 0.05) is 0 Å². The van der Waals surface area contributed by atoms with Crippen molar-refractivity contribution in [3.05, 3.63) is 12.2 Å². The summed E-state index contributed by atoms with van der Waals surface area (Å²) in [6.07, 6.45) is 3.75. The van der Waals surface area contributed by atoms with Gasteiger partial charge in [-0.25, -0.2) is 4.21 Å². The predicted octanol–water partition coefficient (Wildman–Crippen LogP) is 5.36. The molecule has 2 atom stereocenters. The molecule has 0 aromatic rings. The Labute approximate surface area is 167 Å². The minimum absolute atomic E-state index is 0.113. The molecule has 1 unspecified atom stereocenters. The van der Waals surface area contributed by atoms with Crippen LogP contribution in [0.1, 0.15) is 55.4 Å². The van der Waals surface area contributed by atoms with Gasteiger partial charge in [-0.1, -0.05) is 53.7 Å². The molecular formula is C19H43NO3SSi2. The van der Waals surface area contributed by atoms with Gasteiger partial charge in [0.2, 0.25) is 0 Å². The summed E-state index contributed by atoms with van der Waals surface area (Å²) in [6.45, 7) is 26.6. The van der Waals surface area contributed by atoms with Crippen LogP contribution in [0.5, 0.6) is 0 Å². The molecule has 0 heterocycles. The molecule has 0 saturated heterocycles. The van der Waals surface area contributed by atoms with Gasteiger partial charge in [-0.3, -0.25) is 5.14 Å². The van der Waals surface area contributed by atoms with Crippen LogP contribution in [0.2, 0.25) is 36.3 Å². The molecule has 0 aliphatic rings. The van der Waals surface area contributed by atoms with Crippen molar-refractivity contribution in [3.8, 4) is 0 Å². The van der Waals surface area contributed by atoms with Gasteiger partial charge in [0.1, 0.15) is 0 Å². The van der Waals surface area contributed by atoms with Crippen molar-refractivity contribution in [1.82, 2.24) is 0 Å². The Kier molecular flexibility index (Phi) is 8.76. The summed E-state index contributed by atoms with van der Waals surface area (Å²) in [4.78, 5) is 0. The fourth-order valence-electron chi connectivity index (χ4n) is 1.60. The lowest BCUT2D eigenvalue weighted by Gasteiger charge is -2.41. The molecule has 0 saturated carbocycles. The first-order valence-corrected chi connectivity index (χ1v) is 16.4. The Balaban J connectivity index is 5.50. The summed E-state index contributed by atoms with van der Waals surface area (Å²) in [5.74, 6) is 0. The second-order valence-corrected chi connectivity index (χ2v) is 22.0. The van der Waals surface area contributed by atoms with Gasteiger partial charge in [0.25, 0.3) is 0 Å². The monoisotopic (exact) mass is 421 g/mol. The van der Waals surface area contributed by atoms with Crippen molar-refractivity contribution in [2.75, 3.05) is 6.61 Å². The van der Waals surface area contributed by atoms with Crippen LogP contribution in [-0.4, -0.2) is 38.3 Å². The van der Waals surface area contributed by atoms with E-state index in [0.717, 1.165) is 0 Å². The standard InChI is InChI=1S/C19H43NO3SSi2/c1-17(2,3)25(9,10)22-15-16(13-14-19(7,8)24(20)21)23-26(11,12)18(4,5)6/h13-14,16H,15,20H2,1-12H3/t16-,24?/m0/s1. The Morgan fingerprint density at radius 3 is 1.69 bits per heavy atom. The molecule has 0 spiro atoms. The van der Waals surface area contributed by atoms with Crippen molar-refractivity contribution in [2.24, 2.45) is 5.14 Å². The maximum absolute atomic E-state index is 11.8. The second kappa shape index (κ2) is 8.70. The van der Waals surface area contributed by atoms with Crippen molar-refractivity contribution in [1.29, 1.82) is 0 Å². The van der Waals surface area contributed by atoms with E-state index >= 15 is 0 Å². The van der Waals surface area contributed by atoms with Gasteiger partial charge in [0.15, 0.2) is 16.6 Å². The zero-order valence-corrected chi connectivity index (χ0v) is 22.0. The van der Waals surface area contributed by atoms with E-state index in [9.17, 15) is 4.21 Å². The maximum Gasteiger partial charge on any atom is 0.192 e. The van der Waals surface area contributed by atoms with Crippen LogP contribution in [0.3, 0.4) is 0 Å². The highest BCUT2D eigenvalue weighted by Gasteiger charge is 2.41. The van der Waals surface area contributed by atoms with Gasteiger partial charge < -0.3 is 8.85 Å². The number of nitrogens with two attached hydrogens (primary N) is 1. The fourth-order valence-corrected chi connectivity index (χ4v) is 4.08. The number of hydrogen-bond acceptors (Lipinski definition) is 3. The molecule has 26 heavy (non-hydrogen) atoms. The first-order valence-electron chi connectivity index (χ1n) is 9.40. The molecule has 0 aliphatic heterocycles. The fraction of sp³-hybridized carbons (Fsp3) is 0.895. The van der Waals surface area contributed by atoms with Gasteiger partial charge in [-0.2, -0.15) is 0 Å². The Bertz CT molecular complexity index is 518. The lowest BCUT2D eigenvalue weighted by molar-refractivity contribution is 0.140. The molecular weight excluding hydrogens is 378 g/mol. The highest BCUT2D eigenvalue weighted by molar-refractivity contribution is 7.84. The van der Waals surface area contributed by atoms with E-state index in [4.69, 9.17) is 14.0 Å². The normalized spacial score (nSPS) is 17.6. The van der Waals surface area contributed by atoms with Crippen LogP contribution >= 0.6 is 0 Å². The van der Waals surface area contributed by atoms with Crippen LogP contribution < -0.4 is 5.14 Å². The molecule has 0 fully saturated rings. The van der Waals surface area contributed by atoms with Crippen LogP contribution in [0.25, 0.3) is 0 Å². The Hall–Kier alpha value is 0.204. The smallest absolute Gasteiger partial charge is 0.192 e. The molecule has 0 bridgehead atoms. The highest BCUT2D eigenvalue weighted by Crippen LogP contribution is 2.39. The third kappa shape index (κ3) is 7.68. The number of hydrogen-bond donors (Lipinski definition) is 1. The molecule has 2 N–H and O–H groups in total. The van der Waals surface area contributed by atoms with Crippen molar-refractivity contribution >= 4 is 27.6 Å². The number of rotatable bonds is 8. The Morgan fingerprint density at radius 1 is 0.923 bits per heavy atom. The lowest BCUT2D eigenvalue weighted by atomic mass is 10.1. The quantitative estimate of drug-likeness (QED) is 0.424. The minimum Gasteiger partial charge on any atom is -0.414 e.